The van der Waals surface area contributed by atoms with Crippen molar-refractivity contribution in [2.75, 3.05) is 12.4 Å². The van der Waals surface area contributed by atoms with E-state index in [0.717, 1.165) is 45.2 Å². The molecule has 4 aromatic rings. The number of tetrazole rings is 1. The molecule has 4 rings (SSSR count). The summed E-state index contributed by atoms with van der Waals surface area (Å²) in [5.74, 6) is 0.768. The SMILES string of the molecule is CNc1c(C)nn(-c2ccc(OCc3c(C)cccc3-n3nnn(C)c3=O)c(C)c2)c1C. The summed E-state index contributed by atoms with van der Waals surface area (Å²) in [5, 5.41) is 15.6. The lowest BCUT2D eigenvalue weighted by Gasteiger charge is -2.15. The Labute approximate surface area is 186 Å². The van der Waals surface area contributed by atoms with Crippen molar-refractivity contribution in [1.82, 2.24) is 29.6 Å². The summed E-state index contributed by atoms with van der Waals surface area (Å²) >= 11 is 0. The molecular weight excluding hydrogens is 406 g/mol. The summed E-state index contributed by atoms with van der Waals surface area (Å²) in [6.07, 6.45) is 0. The maximum Gasteiger partial charge on any atom is 0.368 e. The average Bonchev–Trinajstić information content (AvgIpc) is 3.25. The van der Waals surface area contributed by atoms with Crippen molar-refractivity contribution >= 4 is 5.69 Å². The van der Waals surface area contributed by atoms with Crippen LogP contribution in [-0.4, -0.2) is 36.6 Å². The van der Waals surface area contributed by atoms with Crippen LogP contribution in [0, 0.1) is 27.7 Å². The Bertz CT molecular complexity index is 1350. The monoisotopic (exact) mass is 433 g/mol. The first-order chi connectivity index (χ1) is 15.3. The van der Waals surface area contributed by atoms with E-state index in [1.54, 1.807) is 7.05 Å². The van der Waals surface area contributed by atoms with E-state index in [1.807, 2.05) is 69.8 Å². The normalized spacial score (nSPS) is 11.1. The molecule has 0 atom stereocenters. The van der Waals surface area contributed by atoms with Gasteiger partial charge in [0.15, 0.2) is 0 Å². The highest BCUT2D eigenvalue weighted by Crippen LogP contribution is 2.27. The van der Waals surface area contributed by atoms with Crippen LogP contribution in [0.2, 0.25) is 0 Å². The van der Waals surface area contributed by atoms with Crippen molar-refractivity contribution in [2.45, 2.75) is 34.3 Å². The molecule has 0 aliphatic rings. The van der Waals surface area contributed by atoms with E-state index in [2.05, 4.69) is 26.9 Å². The molecule has 0 unspecified atom stereocenters. The van der Waals surface area contributed by atoms with Gasteiger partial charge in [-0.05, 0) is 73.5 Å². The van der Waals surface area contributed by atoms with Crippen molar-refractivity contribution in [3.8, 4) is 17.1 Å². The predicted molar refractivity (Wildman–Crippen MR) is 123 cm³/mol. The quantitative estimate of drug-likeness (QED) is 0.503. The van der Waals surface area contributed by atoms with Gasteiger partial charge in [0.2, 0.25) is 0 Å². The number of ether oxygens (including phenoxy) is 1. The molecule has 0 saturated carbocycles. The van der Waals surface area contributed by atoms with E-state index in [4.69, 9.17) is 4.74 Å². The topological polar surface area (TPSA) is 91.8 Å². The van der Waals surface area contributed by atoms with Gasteiger partial charge in [-0.3, -0.25) is 0 Å². The molecule has 0 bridgehead atoms. The fraction of sp³-hybridized carbons (Fsp3) is 0.304. The molecule has 0 aliphatic carbocycles. The van der Waals surface area contributed by atoms with Gasteiger partial charge in [0.1, 0.15) is 12.4 Å². The second-order valence-electron chi connectivity index (χ2n) is 7.82. The standard InChI is InChI=1S/C23H27N7O2/c1-14-8-7-9-20(30-23(31)28(6)26-27-30)19(14)13-32-21-11-10-18(12-15(21)2)29-17(4)22(24-5)16(3)25-29/h7-12,24H,13H2,1-6H3. The van der Waals surface area contributed by atoms with Gasteiger partial charge in [-0.2, -0.15) is 14.5 Å². The molecule has 9 heteroatoms. The zero-order valence-corrected chi connectivity index (χ0v) is 19.2. The van der Waals surface area contributed by atoms with Gasteiger partial charge in [-0.25, -0.2) is 9.48 Å². The highest BCUT2D eigenvalue weighted by molar-refractivity contribution is 5.55. The van der Waals surface area contributed by atoms with Crippen molar-refractivity contribution < 1.29 is 4.74 Å². The molecule has 0 radical (unpaired) electrons. The molecule has 0 aliphatic heterocycles. The van der Waals surface area contributed by atoms with Crippen LogP contribution in [0.15, 0.2) is 41.2 Å². The van der Waals surface area contributed by atoms with E-state index in [9.17, 15) is 4.79 Å². The number of anilines is 1. The highest BCUT2D eigenvalue weighted by atomic mass is 16.5. The third-order valence-electron chi connectivity index (χ3n) is 5.65. The number of benzene rings is 2. The third kappa shape index (κ3) is 3.66. The van der Waals surface area contributed by atoms with E-state index in [-0.39, 0.29) is 5.69 Å². The van der Waals surface area contributed by atoms with E-state index >= 15 is 0 Å². The molecule has 0 spiro atoms. The number of hydrogen-bond acceptors (Lipinski definition) is 6. The lowest BCUT2D eigenvalue weighted by Crippen LogP contribution is -2.23. The van der Waals surface area contributed by atoms with Crippen molar-refractivity contribution in [3.05, 3.63) is 75.0 Å². The summed E-state index contributed by atoms with van der Waals surface area (Å²) < 4.78 is 10.6. The number of aryl methyl sites for hydroxylation is 4. The zero-order chi connectivity index (χ0) is 23.0. The number of aromatic nitrogens is 6. The van der Waals surface area contributed by atoms with E-state index in [0.29, 0.717) is 12.3 Å². The molecule has 2 aromatic heterocycles. The number of rotatable bonds is 6. The van der Waals surface area contributed by atoms with Gasteiger partial charge < -0.3 is 10.1 Å². The minimum Gasteiger partial charge on any atom is -0.489 e. The molecule has 9 nitrogen and oxygen atoms in total. The minimum atomic E-state index is -0.303. The maximum absolute atomic E-state index is 12.4. The first-order valence-corrected chi connectivity index (χ1v) is 10.4. The fourth-order valence-corrected chi connectivity index (χ4v) is 3.87. The van der Waals surface area contributed by atoms with Crippen LogP contribution in [0.3, 0.4) is 0 Å². The lowest BCUT2D eigenvalue weighted by atomic mass is 10.1. The first-order valence-electron chi connectivity index (χ1n) is 10.4. The summed E-state index contributed by atoms with van der Waals surface area (Å²) in [7, 11) is 3.48. The molecular formula is C23H27N7O2. The molecule has 2 aromatic carbocycles. The lowest BCUT2D eigenvalue weighted by molar-refractivity contribution is 0.302. The highest BCUT2D eigenvalue weighted by Gasteiger charge is 2.15. The summed E-state index contributed by atoms with van der Waals surface area (Å²) in [6, 6.07) is 11.7. The van der Waals surface area contributed by atoms with Gasteiger partial charge >= 0.3 is 5.69 Å². The summed E-state index contributed by atoms with van der Waals surface area (Å²) in [5.41, 5.74) is 7.27. The zero-order valence-electron chi connectivity index (χ0n) is 19.2. The number of hydrogen-bond donors (Lipinski definition) is 1. The largest absolute Gasteiger partial charge is 0.489 e. The Morgan fingerprint density at radius 2 is 1.78 bits per heavy atom. The minimum absolute atomic E-state index is 0.301. The Kier molecular flexibility index (Phi) is 5.56. The molecule has 0 saturated heterocycles. The van der Waals surface area contributed by atoms with Crippen molar-refractivity contribution in [2.24, 2.45) is 7.05 Å². The summed E-state index contributed by atoms with van der Waals surface area (Å²) in [6.45, 7) is 8.33. The van der Waals surface area contributed by atoms with Crippen LogP contribution in [-0.2, 0) is 13.7 Å². The van der Waals surface area contributed by atoms with Crippen LogP contribution in [0.4, 0.5) is 5.69 Å². The maximum atomic E-state index is 12.4. The fourth-order valence-electron chi connectivity index (χ4n) is 3.87. The van der Waals surface area contributed by atoms with E-state index < -0.39 is 0 Å². The predicted octanol–water partition coefficient (Wildman–Crippen LogP) is 3.01. The van der Waals surface area contributed by atoms with Crippen LogP contribution in [0.5, 0.6) is 5.75 Å². The van der Waals surface area contributed by atoms with E-state index in [1.165, 1.54) is 9.36 Å². The van der Waals surface area contributed by atoms with Crippen molar-refractivity contribution in [3.63, 3.8) is 0 Å². The number of nitrogens with zero attached hydrogens (tertiary/aromatic N) is 6. The Hall–Kier alpha value is -3.88. The van der Waals surface area contributed by atoms with Crippen molar-refractivity contribution in [1.29, 1.82) is 0 Å². The van der Waals surface area contributed by atoms with Crippen LogP contribution < -0.4 is 15.7 Å². The van der Waals surface area contributed by atoms with Crippen LogP contribution in [0.1, 0.15) is 28.1 Å². The van der Waals surface area contributed by atoms with Crippen LogP contribution >= 0.6 is 0 Å². The van der Waals surface area contributed by atoms with Gasteiger partial charge in [-0.15, -0.1) is 0 Å². The van der Waals surface area contributed by atoms with Crippen LogP contribution in [0.25, 0.3) is 11.4 Å². The smallest absolute Gasteiger partial charge is 0.368 e. The molecule has 166 valence electrons. The Morgan fingerprint density at radius 3 is 2.41 bits per heavy atom. The average molecular weight is 434 g/mol. The Balaban J connectivity index is 1.62. The van der Waals surface area contributed by atoms with Gasteiger partial charge in [-0.1, -0.05) is 12.1 Å². The van der Waals surface area contributed by atoms with Gasteiger partial charge in [0.25, 0.3) is 0 Å². The number of nitrogens with one attached hydrogen (secondary N) is 1. The molecule has 32 heavy (non-hydrogen) atoms. The molecule has 2 heterocycles. The van der Waals surface area contributed by atoms with Gasteiger partial charge in [0, 0.05) is 19.7 Å². The molecule has 0 amide bonds. The van der Waals surface area contributed by atoms with Gasteiger partial charge in [0.05, 0.1) is 28.5 Å². The second-order valence-corrected chi connectivity index (χ2v) is 7.82. The summed E-state index contributed by atoms with van der Waals surface area (Å²) in [4.78, 5) is 12.4. The Morgan fingerprint density at radius 1 is 1.00 bits per heavy atom. The molecule has 1 N–H and O–H groups in total. The second kappa shape index (κ2) is 8.33. The third-order valence-corrected chi connectivity index (χ3v) is 5.65. The molecule has 0 fully saturated rings. The first kappa shape index (κ1) is 21.4.